The zero-order chi connectivity index (χ0) is 14.9. The molecule has 0 unspecified atom stereocenters. The van der Waals surface area contributed by atoms with E-state index in [-0.39, 0.29) is 17.9 Å². The van der Waals surface area contributed by atoms with E-state index in [1.54, 1.807) is 0 Å². The van der Waals surface area contributed by atoms with Crippen molar-refractivity contribution in [3.8, 4) is 0 Å². The molecule has 0 spiro atoms. The van der Waals surface area contributed by atoms with Crippen LogP contribution in [0.15, 0.2) is 21.2 Å². The number of Topliss-reactive ketones (excluding diaryl/α,β-unsaturated/α-hetero) is 1. The Hall–Kier alpha value is -2.02. The molecule has 0 aliphatic heterocycles. The molecule has 0 atom stereocenters. The van der Waals surface area contributed by atoms with Gasteiger partial charge >= 0.3 is 5.69 Å². The minimum Gasteiger partial charge on any atom is -0.294 e. The fourth-order valence-electron chi connectivity index (χ4n) is 1.84. The number of rotatable bonds is 4. The third-order valence-electron chi connectivity index (χ3n) is 2.97. The molecule has 0 radical (unpaired) electrons. The second kappa shape index (κ2) is 5.54. The van der Waals surface area contributed by atoms with Gasteiger partial charge in [-0.2, -0.15) is 0 Å². The van der Waals surface area contributed by atoms with Crippen molar-refractivity contribution in [2.75, 3.05) is 0 Å². The summed E-state index contributed by atoms with van der Waals surface area (Å²) in [4.78, 5) is 39.7. The summed E-state index contributed by atoms with van der Waals surface area (Å²) < 4.78 is 2.29. The number of carbonyl (C=O) groups is 1. The van der Waals surface area contributed by atoms with Crippen LogP contribution < -0.4 is 11.2 Å². The van der Waals surface area contributed by atoms with Gasteiger partial charge in [-0.3, -0.25) is 18.7 Å². The van der Waals surface area contributed by atoms with E-state index >= 15 is 0 Å². The highest BCUT2D eigenvalue weighted by Gasteiger charge is 2.13. The van der Waals surface area contributed by atoms with Crippen LogP contribution in [0.1, 0.15) is 34.9 Å². The molecule has 2 heterocycles. The van der Waals surface area contributed by atoms with Crippen molar-refractivity contribution in [3.05, 3.63) is 48.7 Å². The van der Waals surface area contributed by atoms with Gasteiger partial charge < -0.3 is 0 Å². The monoisotopic (exact) mass is 293 g/mol. The molecule has 7 heteroatoms. The summed E-state index contributed by atoms with van der Waals surface area (Å²) in [5.41, 5.74) is -0.252. The summed E-state index contributed by atoms with van der Waals surface area (Å²) in [6.07, 6.45) is 2.16. The van der Waals surface area contributed by atoms with E-state index in [1.165, 1.54) is 36.1 Å². The number of thiazole rings is 1. The van der Waals surface area contributed by atoms with Crippen molar-refractivity contribution in [3.63, 3.8) is 0 Å². The molecule has 20 heavy (non-hydrogen) atoms. The lowest BCUT2D eigenvalue weighted by molar-refractivity contribution is 0.101. The third-order valence-corrected chi connectivity index (χ3v) is 4.01. The smallest absolute Gasteiger partial charge is 0.294 e. The molecular weight excluding hydrogens is 278 g/mol. The molecule has 106 valence electrons. The van der Waals surface area contributed by atoms with Gasteiger partial charge in [-0.15, -0.1) is 11.3 Å². The van der Waals surface area contributed by atoms with Gasteiger partial charge in [0, 0.05) is 18.6 Å². The van der Waals surface area contributed by atoms with E-state index in [4.69, 9.17) is 0 Å². The lowest BCUT2D eigenvalue weighted by atomic mass is 10.2. The fourth-order valence-corrected chi connectivity index (χ4v) is 2.58. The lowest BCUT2D eigenvalue weighted by Crippen LogP contribution is -2.40. The molecule has 0 saturated heterocycles. The standard InChI is InChI=1S/C13H15N3O3S/c1-4-11-14-9(7-20-11)5-16-6-10(8(2)17)12(18)15(3)13(16)19/h6-7H,4-5H2,1-3H3. The summed E-state index contributed by atoms with van der Waals surface area (Å²) in [6, 6.07) is 0. The first kappa shape index (κ1) is 14.4. The molecule has 6 nitrogen and oxygen atoms in total. The average molecular weight is 293 g/mol. The van der Waals surface area contributed by atoms with Gasteiger partial charge in [0.15, 0.2) is 5.78 Å². The first-order valence-corrected chi connectivity index (χ1v) is 7.06. The van der Waals surface area contributed by atoms with E-state index in [1.807, 2.05) is 12.3 Å². The maximum atomic E-state index is 12.0. The van der Waals surface area contributed by atoms with E-state index in [0.717, 1.165) is 21.7 Å². The van der Waals surface area contributed by atoms with Crippen molar-refractivity contribution in [2.24, 2.45) is 7.05 Å². The number of hydrogen-bond donors (Lipinski definition) is 0. The lowest BCUT2D eigenvalue weighted by Gasteiger charge is -2.07. The Bertz CT molecular complexity index is 770. The second-order valence-corrected chi connectivity index (χ2v) is 5.40. The molecule has 0 aliphatic rings. The predicted octanol–water partition coefficient (Wildman–Crippen LogP) is 0.817. The Morgan fingerprint density at radius 2 is 2.10 bits per heavy atom. The molecule has 2 aromatic heterocycles. The van der Waals surface area contributed by atoms with E-state index in [9.17, 15) is 14.4 Å². The molecule has 0 fully saturated rings. The zero-order valence-electron chi connectivity index (χ0n) is 11.5. The van der Waals surface area contributed by atoms with Gasteiger partial charge in [0.2, 0.25) is 0 Å². The molecule has 0 bridgehead atoms. The minimum absolute atomic E-state index is 0.0121. The highest BCUT2D eigenvalue weighted by atomic mass is 32.1. The van der Waals surface area contributed by atoms with Gasteiger partial charge in [0.1, 0.15) is 0 Å². The summed E-state index contributed by atoms with van der Waals surface area (Å²) in [5.74, 6) is -0.355. The normalized spacial score (nSPS) is 10.8. The topological polar surface area (TPSA) is 74.0 Å². The highest BCUT2D eigenvalue weighted by Crippen LogP contribution is 2.10. The van der Waals surface area contributed by atoms with Crippen molar-refractivity contribution in [1.29, 1.82) is 0 Å². The SMILES string of the molecule is CCc1nc(Cn2cc(C(C)=O)c(=O)n(C)c2=O)cs1. The zero-order valence-corrected chi connectivity index (χ0v) is 12.4. The van der Waals surface area contributed by atoms with Crippen molar-refractivity contribution in [1.82, 2.24) is 14.1 Å². The molecule has 0 aromatic carbocycles. The Morgan fingerprint density at radius 3 is 2.65 bits per heavy atom. The predicted molar refractivity (Wildman–Crippen MR) is 76.5 cm³/mol. The van der Waals surface area contributed by atoms with Crippen LogP contribution in [0.3, 0.4) is 0 Å². The Balaban J connectivity index is 2.49. The number of ketones is 1. The molecule has 0 amide bonds. The maximum Gasteiger partial charge on any atom is 0.331 e. The van der Waals surface area contributed by atoms with E-state index in [0.29, 0.717) is 0 Å². The van der Waals surface area contributed by atoms with Crippen LogP contribution in [-0.2, 0) is 20.0 Å². The van der Waals surface area contributed by atoms with Crippen LogP contribution in [0, 0.1) is 0 Å². The number of nitrogens with zero attached hydrogens (tertiary/aromatic N) is 3. The molecule has 0 aliphatic carbocycles. The highest BCUT2D eigenvalue weighted by molar-refractivity contribution is 7.09. The van der Waals surface area contributed by atoms with Gasteiger partial charge in [-0.1, -0.05) is 6.92 Å². The summed E-state index contributed by atoms with van der Waals surface area (Å²) in [5, 5.41) is 2.87. The number of hydrogen-bond acceptors (Lipinski definition) is 5. The summed E-state index contributed by atoms with van der Waals surface area (Å²) in [7, 11) is 1.37. The van der Waals surface area contributed by atoms with Crippen LogP contribution in [0.2, 0.25) is 0 Å². The van der Waals surface area contributed by atoms with Gasteiger partial charge in [0.25, 0.3) is 5.56 Å². The van der Waals surface area contributed by atoms with Gasteiger partial charge in [-0.05, 0) is 13.3 Å². The quantitative estimate of drug-likeness (QED) is 0.782. The number of aromatic nitrogens is 3. The first-order chi connectivity index (χ1) is 9.43. The molecule has 2 rings (SSSR count). The Morgan fingerprint density at radius 1 is 1.40 bits per heavy atom. The first-order valence-electron chi connectivity index (χ1n) is 6.18. The second-order valence-electron chi connectivity index (χ2n) is 4.46. The van der Waals surface area contributed by atoms with Crippen LogP contribution in [0.4, 0.5) is 0 Å². The van der Waals surface area contributed by atoms with Crippen LogP contribution in [0.25, 0.3) is 0 Å². The molecule has 2 aromatic rings. The van der Waals surface area contributed by atoms with Crippen LogP contribution in [0.5, 0.6) is 0 Å². The fraction of sp³-hybridized carbons (Fsp3) is 0.385. The Labute approximate surface area is 119 Å². The third kappa shape index (κ3) is 2.62. The van der Waals surface area contributed by atoms with Gasteiger partial charge in [-0.25, -0.2) is 9.78 Å². The van der Waals surface area contributed by atoms with Crippen molar-refractivity contribution >= 4 is 17.1 Å². The Kier molecular flexibility index (Phi) is 3.99. The van der Waals surface area contributed by atoms with Crippen molar-refractivity contribution < 1.29 is 4.79 Å². The largest absolute Gasteiger partial charge is 0.331 e. The molecule has 0 N–H and O–H groups in total. The van der Waals surface area contributed by atoms with Gasteiger partial charge in [0.05, 0.1) is 22.8 Å². The maximum absolute atomic E-state index is 12.0. The number of aryl methyl sites for hydroxylation is 1. The average Bonchev–Trinajstić information content (AvgIpc) is 2.86. The van der Waals surface area contributed by atoms with E-state index in [2.05, 4.69) is 4.98 Å². The summed E-state index contributed by atoms with van der Waals surface area (Å²) >= 11 is 1.53. The molecular formula is C13H15N3O3S. The molecule has 0 saturated carbocycles. The summed E-state index contributed by atoms with van der Waals surface area (Å²) in [6.45, 7) is 3.57. The van der Waals surface area contributed by atoms with Crippen LogP contribution in [-0.4, -0.2) is 19.9 Å². The minimum atomic E-state index is -0.564. The van der Waals surface area contributed by atoms with Crippen LogP contribution >= 0.6 is 11.3 Å². The van der Waals surface area contributed by atoms with E-state index < -0.39 is 11.2 Å². The number of carbonyl (C=O) groups excluding carboxylic acids is 1. The van der Waals surface area contributed by atoms with Crippen molar-refractivity contribution in [2.45, 2.75) is 26.8 Å².